The van der Waals surface area contributed by atoms with E-state index in [4.69, 9.17) is 21.2 Å². The molecule has 0 bridgehead atoms. The first-order chi connectivity index (χ1) is 9.85. The number of aromatic nitrogens is 3. The molecule has 4 nitrogen and oxygen atoms in total. The van der Waals surface area contributed by atoms with E-state index in [0.717, 1.165) is 30.2 Å². The first kappa shape index (κ1) is 13.4. The van der Waals surface area contributed by atoms with Gasteiger partial charge in [0.25, 0.3) is 0 Å². The molecule has 0 spiro atoms. The molecule has 2 aliphatic rings. The van der Waals surface area contributed by atoms with E-state index in [-0.39, 0.29) is 10.8 Å². The molecule has 2 atom stereocenters. The fraction of sp³-hybridized carbons (Fsp3) is 0.625. The van der Waals surface area contributed by atoms with Crippen LogP contribution in [0.4, 0.5) is 0 Å². The van der Waals surface area contributed by atoms with E-state index in [1.807, 2.05) is 17.9 Å². The largest absolute Gasteiger partial charge is 0.361 e. The van der Waals surface area contributed by atoms with Crippen LogP contribution in [0.25, 0.3) is 0 Å². The van der Waals surface area contributed by atoms with Crippen molar-refractivity contribution in [2.24, 2.45) is 13.0 Å². The van der Waals surface area contributed by atoms with Gasteiger partial charge in [0.1, 0.15) is 10.9 Å². The predicted octanol–water partition coefficient (Wildman–Crippen LogP) is 3.42. The van der Waals surface area contributed by atoms with Gasteiger partial charge in [-0.3, -0.25) is 4.68 Å². The van der Waals surface area contributed by atoms with Crippen LogP contribution >= 0.6 is 11.6 Å². The molecule has 2 heterocycles. The van der Waals surface area contributed by atoms with Crippen molar-refractivity contribution in [3.05, 3.63) is 33.9 Å². The molecule has 0 N–H and O–H groups in total. The van der Waals surface area contributed by atoms with Crippen molar-refractivity contribution >= 4 is 11.6 Å². The maximum Gasteiger partial charge on any atom is 0.145 e. The first-order valence-corrected chi connectivity index (χ1v) is 7.89. The molecule has 112 valence electrons. The predicted molar refractivity (Wildman–Crippen MR) is 80.6 cm³/mol. The zero-order valence-electron chi connectivity index (χ0n) is 12.9. The molecule has 0 saturated heterocycles. The molecule has 0 radical (unpaired) electrons. The van der Waals surface area contributed by atoms with Gasteiger partial charge in [0.15, 0.2) is 0 Å². The Labute approximate surface area is 129 Å². The van der Waals surface area contributed by atoms with Crippen LogP contribution < -0.4 is 0 Å². The molecule has 0 amide bonds. The third kappa shape index (κ3) is 1.52. The number of fused-ring (bicyclic) bond motifs is 4. The second-order valence-electron chi connectivity index (χ2n) is 7.33. The van der Waals surface area contributed by atoms with Crippen molar-refractivity contribution in [1.29, 1.82) is 0 Å². The van der Waals surface area contributed by atoms with E-state index < -0.39 is 0 Å². The van der Waals surface area contributed by atoms with E-state index in [1.54, 1.807) is 0 Å². The van der Waals surface area contributed by atoms with E-state index >= 15 is 0 Å². The minimum absolute atomic E-state index is 0.000532. The lowest BCUT2D eigenvalue weighted by Crippen LogP contribution is -2.51. The van der Waals surface area contributed by atoms with Gasteiger partial charge in [-0.25, -0.2) is 0 Å². The molecule has 21 heavy (non-hydrogen) atoms. The maximum absolute atomic E-state index is 6.44. The highest BCUT2D eigenvalue weighted by atomic mass is 35.5. The van der Waals surface area contributed by atoms with Gasteiger partial charge in [0.2, 0.25) is 0 Å². The maximum atomic E-state index is 6.44. The van der Waals surface area contributed by atoms with Gasteiger partial charge >= 0.3 is 0 Å². The molecular formula is C16H20ClN3O. The van der Waals surface area contributed by atoms with Crippen molar-refractivity contribution in [3.8, 4) is 0 Å². The summed E-state index contributed by atoms with van der Waals surface area (Å²) in [6.07, 6.45) is 4.91. The highest BCUT2D eigenvalue weighted by Crippen LogP contribution is 2.56. The molecular weight excluding hydrogens is 286 g/mol. The lowest BCUT2D eigenvalue weighted by atomic mass is 9.52. The van der Waals surface area contributed by atoms with Gasteiger partial charge in [-0.1, -0.05) is 37.5 Å². The Bertz CT molecular complexity index is 730. The fourth-order valence-corrected chi connectivity index (χ4v) is 5.06. The summed E-state index contributed by atoms with van der Waals surface area (Å²) in [4.78, 5) is 0. The standard InChI is InChI=1S/C16H20ClN3O/c1-15(2)11-6-5-10-12(19-20(4)14(10)17)16(11,3)7-9-8-18-21-13(9)15/h8,11H,5-7H2,1-4H3/t11-,16-/m0/s1. The van der Waals surface area contributed by atoms with Crippen LogP contribution in [-0.2, 0) is 30.7 Å². The van der Waals surface area contributed by atoms with E-state index in [9.17, 15) is 0 Å². The van der Waals surface area contributed by atoms with Crippen LogP contribution in [0.1, 0.15) is 49.8 Å². The fourth-order valence-electron chi connectivity index (χ4n) is 4.84. The van der Waals surface area contributed by atoms with Gasteiger partial charge in [0, 0.05) is 29.0 Å². The topological polar surface area (TPSA) is 43.9 Å². The summed E-state index contributed by atoms with van der Waals surface area (Å²) in [6.45, 7) is 6.87. The summed E-state index contributed by atoms with van der Waals surface area (Å²) >= 11 is 6.44. The number of halogens is 1. The number of aryl methyl sites for hydroxylation is 1. The lowest BCUT2D eigenvalue weighted by Gasteiger charge is -2.51. The van der Waals surface area contributed by atoms with Gasteiger partial charge in [-0.05, 0) is 25.2 Å². The van der Waals surface area contributed by atoms with Crippen LogP contribution in [0.2, 0.25) is 5.15 Å². The number of hydrogen-bond donors (Lipinski definition) is 0. The van der Waals surface area contributed by atoms with E-state index in [0.29, 0.717) is 5.92 Å². The average Bonchev–Trinajstić information content (AvgIpc) is 2.97. The van der Waals surface area contributed by atoms with Crippen molar-refractivity contribution in [2.75, 3.05) is 0 Å². The quantitative estimate of drug-likeness (QED) is 0.749. The second-order valence-corrected chi connectivity index (χ2v) is 7.69. The zero-order chi connectivity index (χ0) is 15.0. The molecule has 0 unspecified atom stereocenters. The SMILES string of the molecule is Cn1nc2c(c1Cl)CC[C@H]1C(C)(C)c3oncc3C[C@]21C. The Kier molecular flexibility index (Phi) is 2.49. The normalized spacial score (nSPS) is 29.7. The van der Waals surface area contributed by atoms with Crippen LogP contribution in [0, 0.1) is 5.92 Å². The number of hydrogen-bond acceptors (Lipinski definition) is 3. The molecule has 0 fully saturated rings. The van der Waals surface area contributed by atoms with Crippen molar-refractivity contribution < 1.29 is 4.52 Å². The Morgan fingerprint density at radius 2 is 2.14 bits per heavy atom. The van der Waals surface area contributed by atoms with Crippen molar-refractivity contribution in [1.82, 2.24) is 14.9 Å². The Hall–Kier alpha value is -1.29. The average molecular weight is 306 g/mol. The summed E-state index contributed by atoms with van der Waals surface area (Å²) in [7, 11) is 1.93. The molecule has 5 heteroatoms. The zero-order valence-corrected chi connectivity index (χ0v) is 13.7. The Balaban J connectivity index is 1.96. The highest BCUT2D eigenvalue weighted by Gasteiger charge is 2.55. The van der Waals surface area contributed by atoms with Gasteiger partial charge in [-0.15, -0.1) is 0 Å². The van der Waals surface area contributed by atoms with E-state index in [1.165, 1.54) is 16.8 Å². The van der Waals surface area contributed by atoms with Crippen molar-refractivity contribution in [2.45, 2.75) is 50.9 Å². The molecule has 0 saturated carbocycles. The van der Waals surface area contributed by atoms with Crippen LogP contribution in [0.15, 0.2) is 10.7 Å². The summed E-state index contributed by atoms with van der Waals surface area (Å²) < 4.78 is 7.40. The van der Waals surface area contributed by atoms with Gasteiger partial charge in [-0.2, -0.15) is 5.10 Å². The second kappa shape index (κ2) is 3.92. The van der Waals surface area contributed by atoms with Crippen LogP contribution in [-0.4, -0.2) is 14.9 Å². The molecule has 0 aliphatic heterocycles. The molecule has 4 rings (SSSR count). The van der Waals surface area contributed by atoms with Crippen molar-refractivity contribution in [3.63, 3.8) is 0 Å². The van der Waals surface area contributed by atoms with Crippen LogP contribution in [0.3, 0.4) is 0 Å². The van der Waals surface area contributed by atoms with Gasteiger partial charge < -0.3 is 4.52 Å². The monoisotopic (exact) mass is 305 g/mol. The highest BCUT2D eigenvalue weighted by molar-refractivity contribution is 6.30. The lowest BCUT2D eigenvalue weighted by molar-refractivity contribution is 0.109. The van der Waals surface area contributed by atoms with Gasteiger partial charge in [0.05, 0.1) is 11.9 Å². The minimum atomic E-state index is -0.0273. The molecule has 2 aromatic heterocycles. The summed E-state index contributed by atoms with van der Waals surface area (Å²) in [5, 5.41) is 9.59. The molecule has 2 aromatic rings. The minimum Gasteiger partial charge on any atom is -0.361 e. The first-order valence-electron chi connectivity index (χ1n) is 7.51. The summed E-state index contributed by atoms with van der Waals surface area (Å²) in [6, 6.07) is 0. The summed E-state index contributed by atoms with van der Waals surface area (Å²) in [5.41, 5.74) is 3.59. The molecule has 2 aliphatic carbocycles. The number of rotatable bonds is 0. The van der Waals surface area contributed by atoms with Crippen LogP contribution in [0.5, 0.6) is 0 Å². The Morgan fingerprint density at radius 3 is 2.90 bits per heavy atom. The molecule has 0 aromatic carbocycles. The Morgan fingerprint density at radius 1 is 1.38 bits per heavy atom. The summed E-state index contributed by atoms with van der Waals surface area (Å²) in [5.74, 6) is 1.54. The van der Waals surface area contributed by atoms with E-state index in [2.05, 4.69) is 25.9 Å². The number of nitrogens with zero attached hydrogens (tertiary/aromatic N) is 3. The third-order valence-corrected chi connectivity index (χ3v) is 6.19. The third-order valence-electron chi connectivity index (χ3n) is 5.72. The smallest absolute Gasteiger partial charge is 0.145 e.